The predicted molar refractivity (Wildman–Crippen MR) is 73.1 cm³/mol. The van der Waals surface area contributed by atoms with Crippen molar-refractivity contribution in [2.45, 2.75) is 38.6 Å². The van der Waals surface area contributed by atoms with Gasteiger partial charge in [0.1, 0.15) is 0 Å². The van der Waals surface area contributed by atoms with Crippen LogP contribution in [0.4, 0.5) is 0 Å². The molecule has 0 aromatic heterocycles. The van der Waals surface area contributed by atoms with E-state index in [1.54, 1.807) is 0 Å². The molecule has 1 aromatic rings. The Hall–Kier alpha value is -1.35. The van der Waals surface area contributed by atoms with E-state index in [4.69, 9.17) is 5.73 Å². The Balaban J connectivity index is 1.93. The minimum absolute atomic E-state index is 0.157. The maximum Gasteiger partial charge on any atom is 0.226 e. The topological polar surface area (TPSA) is 55.1 Å². The Labute approximate surface area is 109 Å². The molecule has 1 aliphatic rings. The summed E-state index contributed by atoms with van der Waals surface area (Å²) in [5, 5.41) is 2.98. The molecular weight excluding hydrogens is 224 g/mol. The largest absolute Gasteiger partial charge is 0.354 e. The van der Waals surface area contributed by atoms with Crippen LogP contribution in [-0.2, 0) is 11.2 Å². The first-order valence-corrected chi connectivity index (χ1v) is 6.52. The second-order valence-corrected chi connectivity index (χ2v) is 6.11. The standard InChI is InChI=1S/C15H22N2O/c1-14(2,16)11-17-13(18)15(8-9-15)10-12-6-4-3-5-7-12/h3-7H,8-11,16H2,1-2H3,(H,17,18). The minimum Gasteiger partial charge on any atom is -0.354 e. The minimum atomic E-state index is -0.349. The third-order valence-electron chi connectivity index (χ3n) is 3.43. The Bertz CT molecular complexity index is 416. The van der Waals surface area contributed by atoms with Gasteiger partial charge in [-0.3, -0.25) is 4.79 Å². The Morgan fingerprint density at radius 2 is 1.94 bits per heavy atom. The lowest BCUT2D eigenvalue weighted by atomic mass is 9.95. The summed E-state index contributed by atoms with van der Waals surface area (Å²) in [6, 6.07) is 10.2. The van der Waals surface area contributed by atoms with E-state index in [-0.39, 0.29) is 16.9 Å². The number of nitrogens with two attached hydrogens (primary N) is 1. The summed E-state index contributed by atoms with van der Waals surface area (Å²) in [5.74, 6) is 0.157. The molecule has 1 aromatic carbocycles. The average molecular weight is 246 g/mol. The molecular formula is C15H22N2O. The zero-order valence-electron chi connectivity index (χ0n) is 11.2. The Kier molecular flexibility index (Phi) is 3.44. The maximum absolute atomic E-state index is 12.2. The summed E-state index contributed by atoms with van der Waals surface area (Å²) in [5.41, 5.74) is 6.60. The van der Waals surface area contributed by atoms with Crippen molar-refractivity contribution in [3.8, 4) is 0 Å². The van der Waals surface area contributed by atoms with E-state index >= 15 is 0 Å². The quantitative estimate of drug-likeness (QED) is 0.833. The van der Waals surface area contributed by atoms with Crippen molar-refractivity contribution >= 4 is 5.91 Å². The van der Waals surface area contributed by atoms with E-state index in [0.717, 1.165) is 19.3 Å². The van der Waals surface area contributed by atoms with Gasteiger partial charge in [-0.2, -0.15) is 0 Å². The molecule has 2 rings (SSSR count). The molecule has 3 heteroatoms. The van der Waals surface area contributed by atoms with Gasteiger partial charge >= 0.3 is 0 Å². The van der Waals surface area contributed by atoms with E-state index in [9.17, 15) is 4.79 Å². The van der Waals surface area contributed by atoms with Gasteiger partial charge in [0.2, 0.25) is 5.91 Å². The Morgan fingerprint density at radius 1 is 1.33 bits per heavy atom. The number of hydrogen-bond donors (Lipinski definition) is 2. The van der Waals surface area contributed by atoms with Crippen LogP contribution in [0, 0.1) is 5.41 Å². The van der Waals surface area contributed by atoms with Crippen molar-refractivity contribution in [1.29, 1.82) is 0 Å². The highest BCUT2D eigenvalue weighted by Gasteiger charge is 2.49. The lowest BCUT2D eigenvalue weighted by molar-refractivity contribution is -0.126. The van der Waals surface area contributed by atoms with Crippen molar-refractivity contribution in [1.82, 2.24) is 5.32 Å². The van der Waals surface area contributed by atoms with Crippen molar-refractivity contribution < 1.29 is 4.79 Å². The molecule has 0 atom stereocenters. The first-order valence-electron chi connectivity index (χ1n) is 6.52. The van der Waals surface area contributed by atoms with Gasteiger partial charge in [-0.25, -0.2) is 0 Å². The van der Waals surface area contributed by atoms with Crippen molar-refractivity contribution in [3.05, 3.63) is 35.9 Å². The van der Waals surface area contributed by atoms with Crippen molar-refractivity contribution in [2.24, 2.45) is 11.1 Å². The van der Waals surface area contributed by atoms with E-state index in [2.05, 4.69) is 17.4 Å². The van der Waals surface area contributed by atoms with Gasteiger partial charge in [-0.1, -0.05) is 30.3 Å². The van der Waals surface area contributed by atoms with Gasteiger partial charge < -0.3 is 11.1 Å². The van der Waals surface area contributed by atoms with Crippen LogP contribution in [-0.4, -0.2) is 18.0 Å². The molecule has 0 spiro atoms. The first-order chi connectivity index (χ1) is 8.41. The molecule has 3 nitrogen and oxygen atoms in total. The van der Waals surface area contributed by atoms with Crippen LogP contribution in [0.25, 0.3) is 0 Å². The summed E-state index contributed by atoms with van der Waals surface area (Å²) in [4.78, 5) is 12.2. The van der Waals surface area contributed by atoms with Crippen LogP contribution < -0.4 is 11.1 Å². The SMILES string of the molecule is CC(C)(N)CNC(=O)C1(Cc2ccccc2)CC1. The fourth-order valence-corrected chi connectivity index (χ4v) is 2.12. The normalized spacial score (nSPS) is 17.3. The number of amides is 1. The number of rotatable bonds is 5. The summed E-state index contributed by atoms with van der Waals surface area (Å²) in [6.07, 6.45) is 2.81. The molecule has 0 radical (unpaired) electrons. The molecule has 1 aliphatic carbocycles. The number of nitrogens with one attached hydrogen (secondary N) is 1. The second-order valence-electron chi connectivity index (χ2n) is 6.11. The lowest BCUT2D eigenvalue weighted by Gasteiger charge is -2.22. The third-order valence-corrected chi connectivity index (χ3v) is 3.43. The molecule has 0 aliphatic heterocycles. The number of carbonyl (C=O) groups is 1. The maximum atomic E-state index is 12.2. The highest BCUT2D eigenvalue weighted by atomic mass is 16.2. The molecule has 18 heavy (non-hydrogen) atoms. The van der Waals surface area contributed by atoms with Crippen LogP contribution in [0.2, 0.25) is 0 Å². The first kappa shape index (κ1) is 13.1. The summed E-state index contributed by atoms with van der Waals surface area (Å²) >= 11 is 0. The lowest BCUT2D eigenvalue weighted by Crippen LogP contribution is -2.47. The zero-order chi connectivity index (χ0) is 13.2. The number of benzene rings is 1. The fraction of sp³-hybridized carbons (Fsp3) is 0.533. The van der Waals surface area contributed by atoms with E-state index in [0.29, 0.717) is 6.54 Å². The second kappa shape index (κ2) is 4.73. The van der Waals surface area contributed by atoms with Crippen LogP contribution in [0.1, 0.15) is 32.3 Å². The molecule has 1 fully saturated rings. The van der Waals surface area contributed by atoms with Gasteiger partial charge in [0, 0.05) is 12.1 Å². The molecule has 0 bridgehead atoms. The molecule has 0 unspecified atom stereocenters. The van der Waals surface area contributed by atoms with Gasteiger partial charge in [-0.05, 0) is 38.7 Å². The number of carbonyl (C=O) groups excluding carboxylic acids is 1. The van der Waals surface area contributed by atoms with Crippen molar-refractivity contribution in [3.63, 3.8) is 0 Å². The average Bonchev–Trinajstić information content (AvgIpc) is 3.07. The molecule has 0 heterocycles. The number of hydrogen-bond acceptors (Lipinski definition) is 2. The van der Waals surface area contributed by atoms with Gasteiger partial charge in [0.15, 0.2) is 0 Å². The monoisotopic (exact) mass is 246 g/mol. The van der Waals surface area contributed by atoms with Crippen LogP contribution in [0.3, 0.4) is 0 Å². The van der Waals surface area contributed by atoms with Gasteiger partial charge in [-0.15, -0.1) is 0 Å². The van der Waals surface area contributed by atoms with Crippen LogP contribution in [0.15, 0.2) is 30.3 Å². The summed E-state index contributed by atoms with van der Waals surface area (Å²) in [6.45, 7) is 4.37. The molecule has 1 amide bonds. The fourth-order valence-electron chi connectivity index (χ4n) is 2.12. The van der Waals surface area contributed by atoms with Crippen LogP contribution >= 0.6 is 0 Å². The highest BCUT2D eigenvalue weighted by molar-refractivity contribution is 5.85. The zero-order valence-corrected chi connectivity index (χ0v) is 11.2. The highest BCUT2D eigenvalue weighted by Crippen LogP contribution is 2.48. The van der Waals surface area contributed by atoms with E-state index in [1.807, 2.05) is 32.0 Å². The van der Waals surface area contributed by atoms with E-state index in [1.165, 1.54) is 5.56 Å². The Morgan fingerprint density at radius 3 is 2.44 bits per heavy atom. The predicted octanol–water partition coefficient (Wildman–Crippen LogP) is 1.86. The smallest absolute Gasteiger partial charge is 0.226 e. The molecule has 3 N–H and O–H groups in total. The van der Waals surface area contributed by atoms with Crippen molar-refractivity contribution in [2.75, 3.05) is 6.54 Å². The summed E-state index contributed by atoms with van der Waals surface area (Å²) < 4.78 is 0. The summed E-state index contributed by atoms with van der Waals surface area (Å²) in [7, 11) is 0. The van der Waals surface area contributed by atoms with Gasteiger partial charge in [0.25, 0.3) is 0 Å². The van der Waals surface area contributed by atoms with E-state index < -0.39 is 0 Å². The van der Waals surface area contributed by atoms with Crippen LogP contribution in [0.5, 0.6) is 0 Å². The van der Waals surface area contributed by atoms with Gasteiger partial charge in [0.05, 0.1) is 5.41 Å². The molecule has 98 valence electrons. The molecule has 1 saturated carbocycles. The molecule has 0 saturated heterocycles. The third kappa shape index (κ3) is 3.33.